The molecule has 0 radical (unpaired) electrons. The van der Waals surface area contributed by atoms with Gasteiger partial charge in [-0.3, -0.25) is 0 Å². The number of nitrogens with one attached hydrogen (secondary N) is 1. The lowest BCUT2D eigenvalue weighted by atomic mass is 10.0. The summed E-state index contributed by atoms with van der Waals surface area (Å²) < 4.78 is 0. The van der Waals surface area contributed by atoms with Crippen LogP contribution in [-0.4, -0.2) is 4.98 Å². The first-order valence-electron chi connectivity index (χ1n) is 5.60. The highest BCUT2D eigenvalue weighted by Gasteiger charge is 2.07. The molecule has 88 valence electrons. The van der Waals surface area contributed by atoms with Gasteiger partial charge in [0.05, 0.1) is 0 Å². The van der Waals surface area contributed by atoms with E-state index in [1.54, 1.807) is 6.20 Å². The molecule has 0 saturated heterocycles. The third kappa shape index (κ3) is 2.98. The first-order valence-corrected chi connectivity index (χ1v) is 5.98. The van der Waals surface area contributed by atoms with Crippen LogP contribution in [0.25, 0.3) is 0 Å². The van der Waals surface area contributed by atoms with E-state index < -0.39 is 0 Å². The van der Waals surface area contributed by atoms with Crippen molar-refractivity contribution in [1.29, 1.82) is 0 Å². The molecule has 17 heavy (non-hydrogen) atoms. The fourth-order valence-corrected chi connectivity index (χ4v) is 2.07. The number of pyridine rings is 1. The van der Waals surface area contributed by atoms with E-state index in [1.807, 2.05) is 12.1 Å². The third-order valence-electron chi connectivity index (χ3n) is 2.76. The Labute approximate surface area is 107 Å². The van der Waals surface area contributed by atoms with E-state index in [4.69, 9.17) is 11.6 Å². The topological polar surface area (TPSA) is 24.9 Å². The largest absolute Gasteiger partial charge is 0.378 e. The minimum atomic E-state index is 0.245. The molecule has 1 aromatic carbocycles. The van der Waals surface area contributed by atoms with Crippen molar-refractivity contribution in [3.8, 4) is 0 Å². The van der Waals surface area contributed by atoms with Gasteiger partial charge in [0.2, 0.25) is 0 Å². The van der Waals surface area contributed by atoms with Gasteiger partial charge < -0.3 is 5.32 Å². The second-order valence-corrected chi connectivity index (χ2v) is 4.48. The Kier molecular flexibility index (Phi) is 3.64. The fourth-order valence-electron chi connectivity index (χ4n) is 1.89. The summed E-state index contributed by atoms with van der Waals surface area (Å²) in [5.41, 5.74) is 3.56. The molecular formula is C14H15ClN2. The number of halogens is 1. The van der Waals surface area contributed by atoms with E-state index in [0.717, 1.165) is 5.69 Å². The Hall–Kier alpha value is -1.54. The quantitative estimate of drug-likeness (QED) is 0.821. The summed E-state index contributed by atoms with van der Waals surface area (Å²) in [5.74, 6) is 0. The molecule has 0 saturated carbocycles. The molecular weight excluding hydrogens is 232 g/mol. The molecule has 3 heteroatoms. The molecule has 1 unspecified atom stereocenters. The lowest BCUT2D eigenvalue weighted by molar-refractivity contribution is 0.873. The smallest absolute Gasteiger partial charge is 0.131 e. The number of rotatable bonds is 3. The van der Waals surface area contributed by atoms with Crippen LogP contribution in [0.5, 0.6) is 0 Å². The zero-order valence-corrected chi connectivity index (χ0v) is 10.7. The van der Waals surface area contributed by atoms with Crippen molar-refractivity contribution in [3.63, 3.8) is 0 Å². The van der Waals surface area contributed by atoms with Crippen molar-refractivity contribution in [3.05, 3.63) is 58.9 Å². The minimum Gasteiger partial charge on any atom is -0.378 e. The van der Waals surface area contributed by atoms with Gasteiger partial charge in [0.25, 0.3) is 0 Å². The van der Waals surface area contributed by atoms with Gasteiger partial charge in [0.15, 0.2) is 0 Å². The molecule has 2 nitrogen and oxygen atoms in total. The number of benzene rings is 1. The maximum atomic E-state index is 5.85. The molecule has 1 heterocycles. The van der Waals surface area contributed by atoms with Crippen LogP contribution in [0.4, 0.5) is 5.69 Å². The number of nitrogens with zero attached hydrogens (tertiary/aromatic N) is 1. The van der Waals surface area contributed by atoms with E-state index in [9.17, 15) is 0 Å². The zero-order valence-electron chi connectivity index (χ0n) is 9.94. The van der Waals surface area contributed by atoms with Crippen molar-refractivity contribution < 1.29 is 0 Å². The van der Waals surface area contributed by atoms with Crippen molar-refractivity contribution in [2.75, 3.05) is 5.32 Å². The van der Waals surface area contributed by atoms with Crippen molar-refractivity contribution in [1.82, 2.24) is 4.98 Å². The fraction of sp³-hybridized carbons (Fsp3) is 0.214. The van der Waals surface area contributed by atoms with E-state index in [0.29, 0.717) is 5.15 Å². The van der Waals surface area contributed by atoms with Crippen molar-refractivity contribution in [2.24, 2.45) is 0 Å². The molecule has 0 amide bonds. The van der Waals surface area contributed by atoms with Gasteiger partial charge in [-0.05, 0) is 37.1 Å². The standard InChI is InChI=1S/C14H15ClN2/c1-10-5-3-4-6-13(10)11(2)17-12-7-8-16-14(15)9-12/h3-9,11H,1-2H3,(H,16,17). The van der Waals surface area contributed by atoms with Crippen LogP contribution in [0.3, 0.4) is 0 Å². The summed E-state index contributed by atoms with van der Waals surface area (Å²) in [6, 6.07) is 12.4. The van der Waals surface area contributed by atoms with Crippen LogP contribution in [0.2, 0.25) is 5.15 Å². The molecule has 0 bridgehead atoms. The molecule has 2 rings (SSSR count). The number of aryl methyl sites for hydroxylation is 1. The number of aromatic nitrogens is 1. The van der Waals surface area contributed by atoms with Crippen molar-refractivity contribution >= 4 is 17.3 Å². The minimum absolute atomic E-state index is 0.245. The highest BCUT2D eigenvalue weighted by Crippen LogP contribution is 2.22. The van der Waals surface area contributed by atoms with Crippen LogP contribution < -0.4 is 5.32 Å². The zero-order chi connectivity index (χ0) is 12.3. The average Bonchev–Trinajstić information content (AvgIpc) is 2.29. The lowest BCUT2D eigenvalue weighted by Crippen LogP contribution is -2.08. The van der Waals surface area contributed by atoms with Gasteiger partial charge >= 0.3 is 0 Å². The van der Waals surface area contributed by atoms with Crippen LogP contribution in [0, 0.1) is 6.92 Å². The summed E-state index contributed by atoms with van der Waals surface area (Å²) in [6.45, 7) is 4.25. The monoisotopic (exact) mass is 246 g/mol. The molecule has 0 aliphatic heterocycles. The van der Waals surface area contributed by atoms with Gasteiger partial charge in [-0.15, -0.1) is 0 Å². The van der Waals surface area contributed by atoms with E-state index >= 15 is 0 Å². The maximum absolute atomic E-state index is 5.85. The highest BCUT2D eigenvalue weighted by molar-refractivity contribution is 6.29. The Morgan fingerprint density at radius 3 is 2.71 bits per heavy atom. The summed E-state index contributed by atoms with van der Waals surface area (Å²) in [6.07, 6.45) is 1.70. The number of anilines is 1. The average molecular weight is 247 g/mol. The summed E-state index contributed by atoms with van der Waals surface area (Å²) in [7, 11) is 0. The van der Waals surface area contributed by atoms with Crippen LogP contribution in [0.15, 0.2) is 42.6 Å². The number of hydrogen-bond donors (Lipinski definition) is 1. The molecule has 0 aliphatic rings. The first-order chi connectivity index (χ1) is 8.16. The lowest BCUT2D eigenvalue weighted by Gasteiger charge is -2.17. The predicted molar refractivity (Wildman–Crippen MR) is 72.5 cm³/mol. The summed E-state index contributed by atoms with van der Waals surface area (Å²) in [5, 5.41) is 3.92. The molecule has 0 spiro atoms. The van der Waals surface area contributed by atoms with Gasteiger partial charge in [0.1, 0.15) is 5.15 Å². The molecule has 1 aromatic heterocycles. The third-order valence-corrected chi connectivity index (χ3v) is 2.97. The normalized spacial score (nSPS) is 12.2. The second-order valence-electron chi connectivity index (χ2n) is 4.09. The van der Waals surface area contributed by atoms with E-state index in [1.165, 1.54) is 11.1 Å². The van der Waals surface area contributed by atoms with Gasteiger partial charge in [0, 0.05) is 17.9 Å². The second kappa shape index (κ2) is 5.19. The SMILES string of the molecule is Cc1ccccc1C(C)Nc1ccnc(Cl)c1. The molecule has 1 N–H and O–H groups in total. The number of hydrogen-bond acceptors (Lipinski definition) is 2. The van der Waals surface area contributed by atoms with Crippen LogP contribution in [-0.2, 0) is 0 Å². The Balaban J connectivity index is 2.17. The maximum Gasteiger partial charge on any atom is 0.131 e. The van der Waals surface area contributed by atoms with Crippen LogP contribution in [0.1, 0.15) is 24.1 Å². The summed E-state index contributed by atoms with van der Waals surface area (Å²) >= 11 is 5.85. The predicted octanol–water partition coefficient (Wildman–Crippen LogP) is 4.22. The molecule has 0 aliphatic carbocycles. The van der Waals surface area contributed by atoms with Gasteiger partial charge in [-0.25, -0.2) is 4.98 Å². The molecule has 1 atom stereocenters. The van der Waals surface area contributed by atoms with Gasteiger partial charge in [-0.1, -0.05) is 35.9 Å². The van der Waals surface area contributed by atoms with E-state index in [-0.39, 0.29) is 6.04 Å². The Morgan fingerprint density at radius 2 is 2.00 bits per heavy atom. The van der Waals surface area contributed by atoms with E-state index in [2.05, 4.69) is 48.4 Å². The Morgan fingerprint density at radius 1 is 1.24 bits per heavy atom. The highest BCUT2D eigenvalue weighted by atomic mass is 35.5. The van der Waals surface area contributed by atoms with Crippen molar-refractivity contribution in [2.45, 2.75) is 19.9 Å². The van der Waals surface area contributed by atoms with Crippen LogP contribution >= 0.6 is 11.6 Å². The first kappa shape index (κ1) is 11.9. The molecule has 0 fully saturated rings. The summed E-state index contributed by atoms with van der Waals surface area (Å²) in [4.78, 5) is 3.96. The van der Waals surface area contributed by atoms with Gasteiger partial charge in [-0.2, -0.15) is 0 Å². The Bertz CT molecular complexity index is 511. The molecule has 2 aromatic rings.